The lowest BCUT2D eigenvalue weighted by Crippen LogP contribution is -1.98. The molecule has 0 amide bonds. The van der Waals surface area contributed by atoms with E-state index in [1.165, 1.54) is 6.20 Å². The lowest BCUT2D eigenvalue weighted by atomic mass is 10.3. The van der Waals surface area contributed by atoms with Crippen LogP contribution in [0.1, 0.15) is 23.2 Å². The van der Waals surface area contributed by atoms with Crippen LogP contribution in [0.2, 0.25) is 0 Å². The lowest BCUT2D eigenvalue weighted by Gasteiger charge is -1.86. The van der Waals surface area contributed by atoms with Gasteiger partial charge in [0.15, 0.2) is 0 Å². The minimum absolute atomic E-state index is 0. The van der Waals surface area contributed by atoms with Gasteiger partial charge in [-0.25, -0.2) is 8.42 Å². The Morgan fingerprint density at radius 2 is 1.88 bits per heavy atom. The molecule has 0 aliphatic carbocycles. The van der Waals surface area contributed by atoms with E-state index in [9.17, 15) is 13.2 Å². The maximum atomic E-state index is 10.4. The van der Waals surface area contributed by atoms with Gasteiger partial charge in [0.25, 0.3) is 5.24 Å². The number of halogens is 2. The summed E-state index contributed by atoms with van der Waals surface area (Å²) in [5.74, 6) is 0.847. The minimum Gasteiger partial charge on any atom is -0.276 e. The largest absolute Gasteiger partial charge is 0.276 e. The Bertz CT molecular complexity index is 436. The number of aromatic nitrogens is 1. The van der Waals surface area contributed by atoms with Gasteiger partial charge in [0.05, 0.1) is 17.1 Å². The van der Waals surface area contributed by atoms with Gasteiger partial charge >= 0.3 is 0 Å². The third-order valence-corrected chi connectivity index (χ3v) is 4.09. The second kappa shape index (κ2) is 7.63. The Hall–Kier alpha value is -0.650. The number of nitrogens with zero attached hydrogens (tertiary/aromatic N) is 1. The molecule has 2 heterocycles. The van der Waals surface area contributed by atoms with Gasteiger partial charge < -0.3 is 0 Å². The summed E-state index contributed by atoms with van der Waals surface area (Å²) < 4.78 is 20.9. The molecule has 1 aromatic rings. The summed E-state index contributed by atoms with van der Waals surface area (Å²) in [5, 5.41) is -0.469. The first-order valence-electron chi connectivity index (χ1n) is 4.81. The average Bonchev–Trinajstić information content (AvgIpc) is 2.65. The molecule has 0 radical (unpaired) electrons. The third kappa shape index (κ3) is 6.61. The Labute approximate surface area is 112 Å². The Morgan fingerprint density at radius 1 is 1.29 bits per heavy atom. The molecule has 0 saturated carbocycles. The van der Waals surface area contributed by atoms with E-state index in [1.54, 1.807) is 18.3 Å². The van der Waals surface area contributed by atoms with Crippen LogP contribution in [-0.2, 0) is 9.84 Å². The average molecular weight is 298 g/mol. The van der Waals surface area contributed by atoms with Crippen LogP contribution in [0.4, 0.5) is 0 Å². The van der Waals surface area contributed by atoms with Gasteiger partial charge in [0.1, 0.15) is 9.84 Å². The van der Waals surface area contributed by atoms with E-state index in [1.807, 2.05) is 0 Å². The summed E-state index contributed by atoms with van der Waals surface area (Å²) >= 11 is 5.12. The number of hydrogen-bond donors (Lipinski definition) is 0. The molecule has 1 aliphatic heterocycles. The number of carbonyl (C=O) groups is 1. The molecule has 0 unspecified atom stereocenters. The van der Waals surface area contributed by atoms with Crippen molar-refractivity contribution in [2.75, 3.05) is 11.5 Å². The molecule has 0 aromatic carbocycles. The topological polar surface area (TPSA) is 64.1 Å². The fraction of sp³-hybridized carbons (Fsp3) is 0.400. The second-order valence-corrected chi connectivity index (χ2v) is 6.02. The minimum atomic E-state index is -2.55. The third-order valence-electron chi connectivity index (χ3n) is 2.05. The van der Waals surface area contributed by atoms with Gasteiger partial charge in [-0.05, 0) is 36.6 Å². The molecule has 0 N–H and O–H groups in total. The van der Waals surface area contributed by atoms with Crippen molar-refractivity contribution in [3.05, 3.63) is 30.1 Å². The molecule has 96 valence electrons. The molecular weight excluding hydrogens is 285 g/mol. The zero-order valence-corrected chi connectivity index (χ0v) is 11.4. The Balaban J connectivity index is 0.000000292. The number of hydrogen-bond acceptors (Lipinski definition) is 4. The quantitative estimate of drug-likeness (QED) is 0.745. The molecule has 0 bridgehead atoms. The smallest absolute Gasteiger partial charge is 0.253 e. The van der Waals surface area contributed by atoms with E-state index in [4.69, 9.17) is 11.6 Å². The van der Waals surface area contributed by atoms with Crippen molar-refractivity contribution in [2.24, 2.45) is 0 Å². The van der Waals surface area contributed by atoms with Crippen LogP contribution >= 0.6 is 24.0 Å². The van der Waals surface area contributed by atoms with Crippen molar-refractivity contribution in [3.63, 3.8) is 0 Å². The van der Waals surface area contributed by atoms with Crippen LogP contribution in [0.15, 0.2) is 24.5 Å². The predicted octanol–water partition coefficient (Wildman–Crippen LogP) is 2.08. The van der Waals surface area contributed by atoms with E-state index in [-0.39, 0.29) is 12.4 Å². The van der Waals surface area contributed by atoms with Crippen molar-refractivity contribution >= 4 is 39.1 Å². The molecule has 17 heavy (non-hydrogen) atoms. The van der Waals surface area contributed by atoms with Crippen LogP contribution in [0.3, 0.4) is 0 Å². The molecule has 1 fully saturated rings. The van der Waals surface area contributed by atoms with Gasteiger partial charge in [-0.15, -0.1) is 12.4 Å². The van der Waals surface area contributed by atoms with E-state index in [2.05, 4.69) is 4.98 Å². The Morgan fingerprint density at radius 3 is 2.12 bits per heavy atom. The van der Waals surface area contributed by atoms with Crippen LogP contribution in [0.5, 0.6) is 0 Å². The first-order chi connectivity index (χ1) is 7.51. The SMILES string of the molecule is Cl.O=C(Cl)c1cccnc1.O=S1(=O)CCCC1. The number of sulfone groups is 1. The van der Waals surface area contributed by atoms with Crippen LogP contribution in [0.25, 0.3) is 0 Å². The summed E-state index contributed by atoms with van der Waals surface area (Å²) in [6.07, 6.45) is 4.77. The molecule has 7 heteroatoms. The maximum Gasteiger partial charge on any atom is 0.253 e. The van der Waals surface area contributed by atoms with Crippen molar-refractivity contribution in [1.29, 1.82) is 0 Å². The Kier molecular flexibility index (Phi) is 7.34. The zero-order chi connectivity index (χ0) is 12.0. The first-order valence-corrected chi connectivity index (χ1v) is 7.01. The molecule has 0 spiro atoms. The van der Waals surface area contributed by atoms with Crippen molar-refractivity contribution in [2.45, 2.75) is 12.8 Å². The van der Waals surface area contributed by atoms with Crippen LogP contribution in [-0.4, -0.2) is 30.1 Å². The number of rotatable bonds is 1. The van der Waals surface area contributed by atoms with Crippen molar-refractivity contribution < 1.29 is 13.2 Å². The lowest BCUT2D eigenvalue weighted by molar-refractivity contribution is 0.108. The summed E-state index contributed by atoms with van der Waals surface area (Å²) in [7, 11) is -2.55. The molecular formula is C10H13Cl2NO3S. The zero-order valence-electron chi connectivity index (χ0n) is 9.00. The number of pyridine rings is 1. The highest BCUT2D eigenvalue weighted by atomic mass is 35.5. The fourth-order valence-electron chi connectivity index (χ4n) is 1.23. The van der Waals surface area contributed by atoms with E-state index >= 15 is 0 Å². The molecule has 4 nitrogen and oxygen atoms in total. The highest BCUT2D eigenvalue weighted by Gasteiger charge is 2.16. The standard InChI is InChI=1S/C6H4ClNO.C4H8O2S.ClH/c7-6(9)5-2-1-3-8-4-5;5-7(6)3-1-2-4-7;/h1-4H;1-4H2;1H. The second-order valence-electron chi connectivity index (χ2n) is 3.37. The van der Waals surface area contributed by atoms with E-state index < -0.39 is 15.1 Å². The van der Waals surface area contributed by atoms with Crippen molar-refractivity contribution in [1.82, 2.24) is 4.98 Å². The van der Waals surface area contributed by atoms with Crippen LogP contribution < -0.4 is 0 Å². The summed E-state index contributed by atoms with van der Waals surface area (Å²) in [4.78, 5) is 14.1. The van der Waals surface area contributed by atoms with Gasteiger partial charge in [-0.3, -0.25) is 9.78 Å². The molecule has 1 saturated heterocycles. The van der Waals surface area contributed by atoms with Gasteiger partial charge in [0.2, 0.25) is 0 Å². The molecule has 1 aliphatic rings. The van der Waals surface area contributed by atoms with Gasteiger partial charge in [0, 0.05) is 12.4 Å². The molecule has 0 atom stereocenters. The van der Waals surface area contributed by atoms with Crippen LogP contribution in [0, 0.1) is 0 Å². The summed E-state index contributed by atoms with van der Waals surface area (Å²) in [6.45, 7) is 0. The normalized spacial score (nSPS) is 16.3. The molecule has 2 rings (SSSR count). The number of carbonyl (C=O) groups excluding carboxylic acids is 1. The fourth-order valence-corrected chi connectivity index (χ4v) is 2.83. The van der Waals surface area contributed by atoms with E-state index in [0.717, 1.165) is 12.8 Å². The van der Waals surface area contributed by atoms with Crippen molar-refractivity contribution in [3.8, 4) is 0 Å². The monoisotopic (exact) mass is 297 g/mol. The first kappa shape index (κ1) is 16.4. The highest BCUT2D eigenvalue weighted by Crippen LogP contribution is 2.08. The summed E-state index contributed by atoms with van der Waals surface area (Å²) in [6, 6.07) is 3.28. The maximum absolute atomic E-state index is 10.4. The van der Waals surface area contributed by atoms with E-state index in [0.29, 0.717) is 17.1 Å². The molecule has 1 aromatic heterocycles. The summed E-state index contributed by atoms with van der Waals surface area (Å²) in [5.41, 5.74) is 0.430. The van der Waals surface area contributed by atoms with Gasteiger partial charge in [-0.1, -0.05) is 0 Å². The predicted molar refractivity (Wildman–Crippen MR) is 69.6 cm³/mol. The van der Waals surface area contributed by atoms with Gasteiger partial charge in [-0.2, -0.15) is 0 Å². The highest BCUT2D eigenvalue weighted by molar-refractivity contribution is 7.91.